The van der Waals surface area contributed by atoms with Gasteiger partial charge in [0.2, 0.25) is 0 Å². The van der Waals surface area contributed by atoms with Crippen molar-refractivity contribution in [2.24, 2.45) is 17.8 Å². The van der Waals surface area contributed by atoms with Crippen LogP contribution in [0.15, 0.2) is 0 Å². The van der Waals surface area contributed by atoms with Crippen molar-refractivity contribution in [2.75, 3.05) is 6.61 Å². The first-order valence-electron chi connectivity index (χ1n) is 4.66. The van der Waals surface area contributed by atoms with Crippen molar-refractivity contribution in [3.63, 3.8) is 0 Å². The van der Waals surface area contributed by atoms with E-state index in [0.29, 0.717) is 0 Å². The highest BCUT2D eigenvalue weighted by molar-refractivity contribution is 5.71. The largest absolute Gasteiger partial charge is 0.481 e. The number of hydrogen-bond donors (Lipinski definition) is 1. The lowest BCUT2D eigenvalue weighted by molar-refractivity contribution is -0.190. The van der Waals surface area contributed by atoms with Gasteiger partial charge in [-0.25, -0.2) is 0 Å². The molecular weight excluding hydrogens is 213 g/mol. The molecule has 1 heterocycles. The Labute approximate surface area is 85.2 Å². The van der Waals surface area contributed by atoms with Gasteiger partial charge in [-0.2, -0.15) is 13.2 Å². The molecule has 0 aliphatic carbocycles. The molecule has 1 N–H and O–H groups in total. The molecule has 6 heteroatoms. The van der Waals surface area contributed by atoms with E-state index in [4.69, 9.17) is 9.84 Å². The van der Waals surface area contributed by atoms with Crippen LogP contribution in [0.5, 0.6) is 0 Å². The zero-order chi connectivity index (χ0) is 11.8. The normalized spacial score (nSPS) is 32.3. The summed E-state index contributed by atoms with van der Waals surface area (Å²) in [6, 6.07) is 0. The van der Waals surface area contributed by atoms with E-state index < -0.39 is 36.7 Å². The second-order valence-corrected chi connectivity index (χ2v) is 4.05. The van der Waals surface area contributed by atoms with Gasteiger partial charge in [0.1, 0.15) is 0 Å². The van der Waals surface area contributed by atoms with E-state index in [0.717, 1.165) is 0 Å². The minimum atomic E-state index is -4.51. The summed E-state index contributed by atoms with van der Waals surface area (Å²) < 4.78 is 42.3. The summed E-state index contributed by atoms with van der Waals surface area (Å²) in [7, 11) is 0. The topological polar surface area (TPSA) is 46.5 Å². The van der Waals surface area contributed by atoms with Crippen LogP contribution in [-0.2, 0) is 9.53 Å². The maximum Gasteiger partial charge on any atom is 0.394 e. The molecule has 0 amide bonds. The molecule has 3 atom stereocenters. The van der Waals surface area contributed by atoms with Crippen LogP contribution in [0, 0.1) is 17.8 Å². The summed E-state index contributed by atoms with van der Waals surface area (Å²) in [6.07, 6.45) is -5.36. The Kier molecular flexibility index (Phi) is 3.28. The van der Waals surface area contributed by atoms with Crippen LogP contribution < -0.4 is 0 Å². The van der Waals surface area contributed by atoms with Crippen LogP contribution in [0.2, 0.25) is 0 Å². The second-order valence-electron chi connectivity index (χ2n) is 4.05. The average Bonchev–Trinajstić information content (AvgIpc) is 2.45. The average molecular weight is 226 g/mol. The number of halogens is 3. The minimum absolute atomic E-state index is 0.238. The Bertz CT molecular complexity index is 249. The molecule has 0 radical (unpaired) electrons. The SMILES string of the molecule is CC(C)[C@@H]1OC[C@H](C(F)(F)F)[C@H]1C(=O)O. The van der Waals surface area contributed by atoms with Crippen LogP contribution >= 0.6 is 0 Å². The molecule has 0 bridgehead atoms. The third-order valence-electron chi connectivity index (χ3n) is 2.62. The predicted octanol–water partition coefficient (Wildman–Crippen LogP) is 1.92. The van der Waals surface area contributed by atoms with Crippen molar-refractivity contribution in [1.82, 2.24) is 0 Å². The van der Waals surface area contributed by atoms with Crippen molar-refractivity contribution in [2.45, 2.75) is 26.1 Å². The molecule has 0 saturated carbocycles. The van der Waals surface area contributed by atoms with Gasteiger partial charge in [-0.05, 0) is 5.92 Å². The lowest BCUT2D eigenvalue weighted by atomic mass is 9.85. The Morgan fingerprint density at radius 1 is 1.47 bits per heavy atom. The van der Waals surface area contributed by atoms with E-state index in [1.54, 1.807) is 13.8 Å². The zero-order valence-corrected chi connectivity index (χ0v) is 8.41. The first-order chi connectivity index (χ1) is 6.75. The van der Waals surface area contributed by atoms with Gasteiger partial charge in [0.15, 0.2) is 0 Å². The molecule has 1 aliphatic rings. The molecule has 0 spiro atoms. The summed E-state index contributed by atoms with van der Waals surface area (Å²) >= 11 is 0. The summed E-state index contributed by atoms with van der Waals surface area (Å²) in [5, 5.41) is 8.79. The van der Waals surface area contributed by atoms with E-state index in [1.165, 1.54) is 0 Å². The molecular formula is C9H13F3O3. The van der Waals surface area contributed by atoms with Crippen LogP contribution in [0.4, 0.5) is 13.2 Å². The molecule has 1 rings (SSSR count). The number of carbonyl (C=O) groups is 1. The molecule has 1 aliphatic heterocycles. The molecule has 15 heavy (non-hydrogen) atoms. The smallest absolute Gasteiger partial charge is 0.394 e. The highest BCUT2D eigenvalue weighted by atomic mass is 19.4. The zero-order valence-electron chi connectivity index (χ0n) is 8.41. The number of hydrogen-bond acceptors (Lipinski definition) is 2. The van der Waals surface area contributed by atoms with Crippen LogP contribution in [0.25, 0.3) is 0 Å². The quantitative estimate of drug-likeness (QED) is 0.782. The highest BCUT2D eigenvalue weighted by Crippen LogP contribution is 2.41. The molecule has 0 aromatic heterocycles. The Balaban J connectivity index is 2.90. The number of carboxylic acids is 1. The van der Waals surface area contributed by atoms with Gasteiger partial charge in [0.25, 0.3) is 0 Å². The molecule has 0 aromatic carbocycles. The number of aliphatic carboxylic acids is 1. The summed E-state index contributed by atoms with van der Waals surface area (Å²) in [6.45, 7) is 2.75. The van der Waals surface area contributed by atoms with Gasteiger partial charge in [-0.3, -0.25) is 4.79 Å². The second kappa shape index (κ2) is 4.00. The summed E-state index contributed by atoms with van der Waals surface area (Å²) in [4.78, 5) is 10.8. The maximum atomic E-state index is 12.5. The molecule has 1 saturated heterocycles. The van der Waals surface area contributed by atoms with E-state index >= 15 is 0 Å². The van der Waals surface area contributed by atoms with E-state index in [9.17, 15) is 18.0 Å². The summed E-state index contributed by atoms with van der Waals surface area (Å²) in [5.41, 5.74) is 0. The van der Waals surface area contributed by atoms with E-state index in [1.807, 2.05) is 0 Å². The number of carboxylic acid groups (broad SMARTS) is 1. The van der Waals surface area contributed by atoms with Gasteiger partial charge >= 0.3 is 12.1 Å². The fraction of sp³-hybridized carbons (Fsp3) is 0.889. The van der Waals surface area contributed by atoms with Gasteiger partial charge in [0.05, 0.1) is 24.5 Å². The van der Waals surface area contributed by atoms with Gasteiger partial charge in [-0.1, -0.05) is 13.8 Å². The first-order valence-corrected chi connectivity index (χ1v) is 4.66. The highest BCUT2D eigenvalue weighted by Gasteiger charge is 2.55. The molecule has 88 valence electrons. The lowest BCUT2D eigenvalue weighted by Crippen LogP contribution is -2.38. The lowest BCUT2D eigenvalue weighted by Gasteiger charge is -2.22. The molecule has 3 nitrogen and oxygen atoms in total. The fourth-order valence-electron chi connectivity index (χ4n) is 1.87. The van der Waals surface area contributed by atoms with Crippen LogP contribution in [0.3, 0.4) is 0 Å². The van der Waals surface area contributed by atoms with Crippen molar-refractivity contribution in [1.29, 1.82) is 0 Å². The third-order valence-corrected chi connectivity index (χ3v) is 2.62. The van der Waals surface area contributed by atoms with Gasteiger partial charge < -0.3 is 9.84 Å². The van der Waals surface area contributed by atoms with Gasteiger partial charge in [0, 0.05) is 0 Å². The Hall–Kier alpha value is -0.780. The Morgan fingerprint density at radius 3 is 2.33 bits per heavy atom. The first kappa shape index (κ1) is 12.3. The van der Waals surface area contributed by atoms with E-state index in [-0.39, 0.29) is 5.92 Å². The molecule has 0 aromatic rings. The Morgan fingerprint density at radius 2 is 2.00 bits per heavy atom. The standard InChI is InChI=1S/C9H13F3O3/c1-4(2)7-6(8(13)14)5(3-15-7)9(10,11)12/h4-7H,3H2,1-2H3,(H,13,14)/t5-,6+,7-/m0/s1. The van der Waals surface area contributed by atoms with Crippen LogP contribution in [0.1, 0.15) is 13.8 Å². The van der Waals surface area contributed by atoms with Crippen LogP contribution in [-0.4, -0.2) is 30.0 Å². The third kappa shape index (κ3) is 2.42. The van der Waals surface area contributed by atoms with Crippen molar-refractivity contribution in [3.8, 4) is 0 Å². The van der Waals surface area contributed by atoms with Gasteiger partial charge in [-0.15, -0.1) is 0 Å². The number of rotatable bonds is 2. The van der Waals surface area contributed by atoms with Crippen molar-refractivity contribution in [3.05, 3.63) is 0 Å². The predicted molar refractivity (Wildman–Crippen MR) is 45.2 cm³/mol. The molecule has 1 fully saturated rings. The number of ether oxygens (including phenoxy) is 1. The summed E-state index contributed by atoms with van der Waals surface area (Å²) in [5.74, 6) is -5.04. The van der Waals surface area contributed by atoms with Crippen molar-refractivity contribution >= 4 is 5.97 Å². The maximum absolute atomic E-state index is 12.5. The number of alkyl halides is 3. The molecule has 0 unspecified atom stereocenters. The van der Waals surface area contributed by atoms with E-state index in [2.05, 4.69) is 0 Å². The minimum Gasteiger partial charge on any atom is -0.481 e. The van der Waals surface area contributed by atoms with Crippen molar-refractivity contribution < 1.29 is 27.8 Å². The monoisotopic (exact) mass is 226 g/mol. The fourth-order valence-corrected chi connectivity index (χ4v) is 1.87.